The summed E-state index contributed by atoms with van der Waals surface area (Å²) < 4.78 is 0. The van der Waals surface area contributed by atoms with Crippen LogP contribution in [-0.2, 0) is 9.59 Å². The molecule has 0 aliphatic carbocycles. The standard InChI is InChI=1S/C8H13NO2S/c1-2-7(10)4-3-5-12-6-8(9)11/h2H,1,3-6H2,(H2,9,11). The SMILES string of the molecule is C=CC(=O)CCCSCC(N)=O. The molecule has 0 aromatic rings. The maximum absolute atomic E-state index is 10.7. The zero-order valence-corrected chi connectivity index (χ0v) is 7.73. The third-order valence-electron chi connectivity index (χ3n) is 1.18. The number of hydrogen-bond acceptors (Lipinski definition) is 3. The zero-order valence-electron chi connectivity index (χ0n) is 6.91. The maximum Gasteiger partial charge on any atom is 0.227 e. The van der Waals surface area contributed by atoms with Crippen LogP contribution in [0.2, 0.25) is 0 Å². The van der Waals surface area contributed by atoms with Gasteiger partial charge in [-0.3, -0.25) is 9.59 Å². The predicted molar refractivity (Wildman–Crippen MR) is 51.0 cm³/mol. The molecule has 0 saturated carbocycles. The average Bonchev–Trinajstić information content (AvgIpc) is 2.03. The van der Waals surface area contributed by atoms with E-state index in [0.717, 1.165) is 12.2 Å². The van der Waals surface area contributed by atoms with E-state index in [0.29, 0.717) is 12.2 Å². The Hall–Kier alpha value is -0.770. The van der Waals surface area contributed by atoms with Crippen molar-refractivity contribution in [3.05, 3.63) is 12.7 Å². The largest absolute Gasteiger partial charge is 0.369 e. The number of allylic oxidation sites excluding steroid dienone is 1. The first-order valence-corrected chi connectivity index (χ1v) is 4.83. The molecule has 0 aromatic heterocycles. The monoisotopic (exact) mass is 187 g/mol. The van der Waals surface area contributed by atoms with E-state index in [1.54, 1.807) is 0 Å². The van der Waals surface area contributed by atoms with E-state index in [1.165, 1.54) is 17.8 Å². The first-order valence-electron chi connectivity index (χ1n) is 3.68. The van der Waals surface area contributed by atoms with Crippen molar-refractivity contribution in [2.75, 3.05) is 11.5 Å². The molecule has 0 saturated heterocycles. The highest BCUT2D eigenvalue weighted by Gasteiger charge is 1.97. The maximum atomic E-state index is 10.7. The number of carbonyl (C=O) groups excluding carboxylic acids is 2. The van der Waals surface area contributed by atoms with Crippen molar-refractivity contribution in [1.82, 2.24) is 0 Å². The Morgan fingerprint density at radius 2 is 2.17 bits per heavy atom. The second-order valence-electron chi connectivity index (χ2n) is 2.29. The van der Waals surface area contributed by atoms with Crippen LogP contribution in [0.25, 0.3) is 0 Å². The molecule has 0 bridgehead atoms. The van der Waals surface area contributed by atoms with Crippen LogP contribution >= 0.6 is 11.8 Å². The van der Waals surface area contributed by atoms with Gasteiger partial charge in [0, 0.05) is 6.42 Å². The Kier molecular flexibility index (Phi) is 6.47. The van der Waals surface area contributed by atoms with Crippen LogP contribution < -0.4 is 5.73 Å². The third kappa shape index (κ3) is 7.34. The summed E-state index contributed by atoms with van der Waals surface area (Å²) in [7, 11) is 0. The third-order valence-corrected chi connectivity index (χ3v) is 2.25. The van der Waals surface area contributed by atoms with Gasteiger partial charge in [0.25, 0.3) is 0 Å². The molecule has 0 radical (unpaired) electrons. The molecule has 0 spiro atoms. The van der Waals surface area contributed by atoms with E-state index in [9.17, 15) is 9.59 Å². The van der Waals surface area contributed by atoms with Gasteiger partial charge >= 0.3 is 0 Å². The minimum Gasteiger partial charge on any atom is -0.369 e. The van der Waals surface area contributed by atoms with Crippen LogP contribution in [0.5, 0.6) is 0 Å². The zero-order chi connectivity index (χ0) is 9.40. The summed E-state index contributed by atoms with van der Waals surface area (Å²) in [6.45, 7) is 3.36. The summed E-state index contributed by atoms with van der Waals surface area (Å²) in [6.07, 6.45) is 2.61. The molecule has 0 fully saturated rings. The van der Waals surface area contributed by atoms with Crippen molar-refractivity contribution in [3.63, 3.8) is 0 Å². The van der Waals surface area contributed by atoms with Crippen LogP contribution in [0, 0.1) is 0 Å². The first-order chi connectivity index (χ1) is 5.66. The fraction of sp³-hybridized carbons (Fsp3) is 0.500. The molecule has 4 heteroatoms. The smallest absolute Gasteiger partial charge is 0.227 e. The first kappa shape index (κ1) is 11.2. The molecular weight excluding hydrogens is 174 g/mol. The van der Waals surface area contributed by atoms with Crippen molar-refractivity contribution < 1.29 is 9.59 Å². The number of nitrogens with two attached hydrogens (primary N) is 1. The highest BCUT2D eigenvalue weighted by molar-refractivity contribution is 7.99. The van der Waals surface area contributed by atoms with Crippen molar-refractivity contribution in [1.29, 1.82) is 0 Å². The lowest BCUT2D eigenvalue weighted by atomic mass is 10.2. The highest BCUT2D eigenvalue weighted by atomic mass is 32.2. The molecule has 0 aromatic carbocycles. The summed E-state index contributed by atoms with van der Waals surface area (Å²) in [4.78, 5) is 21.0. The molecule has 12 heavy (non-hydrogen) atoms. The molecular formula is C8H13NO2S. The number of rotatable bonds is 7. The molecule has 0 aliphatic rings. The molecule has 0 atom stereocenters. The summed E-state index contributed by atoms with van der Waals surface area (Å²) in [5.74, 6) is 0.870. The summed E-state index contributed by atoms with van der Waals surface area (Å²) in [6, 6.07) is 0. The normalized spacial score (nSPS) is 9.33. The molecule has 0 unspecified atom stereocenters. The molecule has 2 N–H and O–H groups in total. The van der Waals surface area contributed by atoms with Gasteiger partial charge in [0.15, 0.2) is 5.78 Å². The van der Waals surface area contributed by atoms with Gasteiger partial charge < -0.3 is 5.73 Å². The summed E-state index contributed by atoms with van der Waals surface area (Å²) in [5, 5.41) is 0. The van der Waals surface area contributed by atoms with E-state index in [4.69, 9.17) is 5.73 Å². The number of primary amides is 1. The number of amides is 1. The van der Waals surface area contributed by atoms with Gasteiger partial charge in [-0.1, -0.05) is 6.58 Å². The van der Waals surface area contributed by atoms with Gasteiger partial charge in [-0.2, -0.15) is 11.8 Å². The van der Waals surface area contributed by atoms with Gasteiger partial charge in [0.2, 0.25) is 5.91 Å². The molecule has 0 aliphatic heterocycles. The summed E-state index contributed by atoms with van der Waals surface area (Å²) >= 11 is 1.45. The van der Waals surface area contributed by atoms with Crippen LogP contribution in [0.4, 0.5) is 0 Å². The fourth-order valence-corrected chi connectivity index (χ4v) is 1.32. The molecule has 3 nitrogen and oxygen atoms in total. The average molecular weight is 187 g/mol. The lowest BCUT2D eigenvalue weighted by Crippen LogP contribution is -2.13. The van der Waals surface area contributed by atoms with Gasteiger partial charge in [0.05, 0.1) is 5.75 Å². The molecule has 68 valence electrons. The van der Waals surface area contributed by atoms with Crippen LogP contribution in [-0.4, -0.2) is 23.2 Å². The number of carbonyl (C=O) groups is 2. The highest BCUT2D eigenvalue weighted by Crippen LogP contribution is 2.04. The fourth-order valence-electron chi connectivity index (χ4n) is 0.623. The Bertz CT molecular complexity index is 180. The topological polar surface area (TPSA) is 60.2 Å². The lowest BCUT2D eigenvalue weighted by Gasteiger charge is -1.96. The Balaban J connectivity index is 3.16. The van der Waals surface area contributed by atoms with Crippen LogP contribution in [0.15, 0.2) is 12.7 Å². The molecule has 1 amide bonds. The number of hydrogen-bond donors (Lipinski definition) is 1. The van der Waals surface area contributed by atoms with E-state index in [2.05, 4.69) is 6.58 Å². The van der Waals surface area contributed by atoms with E-state index in [1.807, 2.05) is 0 Å². The van der Waals surface area contributed by atoms with Crippen molar-refractivity contribution in [3.8, 4) is 0 Å². The van der Waals surface area contributed by atoms with Crippen molar-refractivity contribution in [2.45, 2.75) is 12.8 Å². The Morgan fingerprint density at radius 3 is 2.67 bits per heavy atom. The molecule has 0 rings (SSSR count). The minimum atomic E-state index is -0.310. The van der Waals surface area contributed by atoms with Gasteiger partial charge in [-0.25, -0.2) is 0 Å². The quantitative estimate of drug-likeness (QED) is 0.472. The second kappa shape index (κ2) is 6.91. The Labute approximate surface area is 76.4 Å². The van der Waals surface area contributed by atoms with Crippen LogP contribution in [0.1, 0.15) is 12.8 Å². The Morgan fingerprint density at radius 1 is 1.50 bits per heavy atom. The van der Waals surface area contributed by atoms with Crippen molar-refractivity contribution >= 4 is 23.5 Å². The molecule has 0 heterocycles. The van der Waals surface area contributed by atoms with Gasteiger partial charge in [0.1, 0.15) is 0 Å². The lowest BCUT2D eigenvalue weighted by molar-refractivity contribution is -0.116. The number of thioether (sulfide) groups is 1. The van der Waals surface area contributed by atoms with Gasteiger partial charge in [-0.05, 0) is 18.2 Å². The minimum absolute atomic E-state index is 0.0506. The van der Waals surface area contributed by atoms with E-state index < -0.39 is 0 Å². The second-order valence-corrected chi connectivity index (χ2v) is 3.40. The van der Waals surface area contributed by atoms with Crippen molar-refractivity contribution in [2.24, 2.45) is 5.73 Å². The van der Waals surface area contributed by atoms with Gasteiger partial charge in [-0.15, -0.1) is 0 Å². The predicted octanol–water partition coefficient (Wildman–Crippen LogP) is 0.740. The number of ketones is 1. The van der Waals surface area contributed by atoms with E-state index >= 15 is 0 Å². The van der Waals surface area contributed by atoms with Crippen LogP contribution in [0.3, 0.4) is 0 Å². The summed E-state index contributed by atoms with van der Waals surface area (Å²) in [5.41, 5.74) is 4.92. The van der Waals surface area contributed by atoms with E-state index in [-0.39, 0.29) is 11.7 Å².